The van der Waals surface area contributed by atoms with Crippen LogP contribution in [-0.4, -0.2) is 9.97 Å². The van der Waals surface area contributed by atoms with Crippen LogP contribution in [0.15, 0.2) is 60.7 Å². The topological polar surface area (TPSA) is 77.8 Å². The monoisotopic (exact) mass is 406 g/mol. The van der Waals surface area contributed by atoms with E-state index in [-0.39, 0.29) is 11.8 Å². The first-order chi connectivity index (χ1) is 13.5. The van der Waals surface area contributed by atoms with Gasteiger partial charge in [0.15, 0.2) is 0 Å². The first-order valence-corrected chi connectivity index (χ1v) is 9.32. The maximum absolute atomic E-state index is 6.17. The van der Waals surface area contributed by atoms with E-state index in [1.807, 2.05) is 36.4 Å². The number of nitrogens with two attached hydrogens (primary N) is 2. The molecular weight excluding hydrogens is 391 g/mol. The minimum Gasteiger partial charge on any atom is -0.383 e. The zero-order chi connectivity index (χ0) is 19.7. The molecule has 0 unspecified atom stereocenters. The Morgan fingerprint density at radius 2 is 1.54 bits per heavy atom. The van der Waals surface area contributed by atoms with Crippen LogP contribution in [0, 0.1) is 0 Å². The van der Waals surface area contributed by atoms with Crippen LogP contribution >= 0.6 is 23.2 Å². The SMILES string of the molecule is Nc1nc(N)c(-c2ccc(Cl)c(Cl)c2)c(/C=C/c2ccc3ccccc3c2)n1. The maximum atomic E-state index is 6.17. The van der Waals surface area contributed by atoms with Gasteiger partial charge in [-0.15, -0.1) is 0 Å². The van der Waals surface area contributed by atoms with Crippen molar-refractivity contribution < 1.29 is 0 Å². The van der Waals surface area contributed by atoms with Crippen molar-refractivity contribution in [2.75, 3.05) is 11.5 Å². The van der Waals surface area contributed by atoms with Gasteiger partial charge in [0.25, 0.3) is 0 Å². The normalized spacial score (nSPS) is 11.4. The molecule has 6 heteroatoms. The van der Waals surface area contributed by atoms with Crippen molar-refractivity contribution in [2.24, 2.45) is 0 Å². The molecule has 0 atom stereocenters. The fourth-order valence-electron chi connectivity index (χ4n) is 3.07. The number of nitrogens with zero attached hydrogens (tertiary/aromatic N) is 2. The summed E-state index contributed by atoms with van der Waals surface area (Å²) in [7, 11) is 0. The highest BCUT2D eigenvalue weighted by atomic mass is 35.5. The first-order valence-electron chi connectivity index (χ1n) is 8.56. The quantitative estimate of drug-likeness (QED) is 0.441. The molecule has 0 radical (unpaired) electrons. The summed E-state index contributed by atoms with van der Waals surface area (Å²) >= 11 is 12.2. The fraction of sp³-hybridized carbons (Fsp3) is 0. The summed E-state index contributed by atoms with van der Waals surface area (Å²) in [5.41, 5.74) is 15.0. The number of hydrogen-bond donors (Lipinski definition) is 2. The van der Waals surface area contributed by atoms with E-state index >= 15 is 0 Å². The third-order valence-electron chi connectivity index (χ3n) is 4.40. The Bertz CT molecular complexity index is 1220. The number of halogens is 2. The number of anilines is 2. The molecule has 0 fully saturated rings. The van der Waals surface area contributed by atoms with Crippen molar-refractivity contribution in [2.45, 2.75) is 0 Å². The third-order valence-corrected chi connectivity index (χ3v) is 5.14. The van der Waals surface area contributed by atoms with Gasteiger partial charge in [0, 0.05) is 5.56 Å². The summed E-state index contributed by atoms with van der Waals surface area (Å²) in [6, 6.07) is 19.7. The van der Waals surface area contributed by atoms with Crippen molar-refractivity contribution in [3.63, 3.8) is 0 Å². The van der Waals surface area contributed by atoms with Crippen molar-refractivity contribution in [3.05, 3.63) is 82.0 Å². The molecular formula is C22H16Cl2N4. The molecule has 138 valence electrons. The van der Waals surface area contributed by atoms with Crippen LogP contribution in [0.4, 0.5) is 11.8 Å². The molecule has 0 saturated carbocycles. The van der Waals surface area contributed by atoms with Gasteiger partial charge < -0.3 is 11.5 Å². The Morgan fingerprint density at radius 1 is 0.750 bits per heavy atom. The minimum absolute atomic E-state index is 0.111. The molecule has 4 nitrogen and oxygen atoms in total. The summed E-state index contributed by atoms with van der Waals surface area (Å²) in [5, 5.41) is 3.25. The van der Waals surface area contributed by atoms with Gasteiger partial charge in [-0.25, -0.2) is 4.98 Å². The zero-order valence-electron chi connectivity index (χ0n) is 14.7. The average Bonchev–Trinajstić information content (AvgIpc) is 2.68. The largest absolute Gasteiger partial charge is 0.383 e. The van der Waals surface area contributed by atoms with Crippen molar-refractivity contribution >= 4 is 57.9 Å². The Kier molecular flexibility index (Phi) is 4.90. The second kappa shape index (κ2) is 7.50. The van der Waals surface area contributed by atoms with Crippen LogP contribution in [0.5, 0.6) is 0 Å². The van der Waals surface area contributed by atoms with E-state index in [1.165, 1.54) is 5.39 Å². The van der Waals surface area contributed by atoms with Crippen molar-refractivity contribution in [1.82, 2.24) is 9.97 Å². The van der Waals surface area contributed by atoms with E-state index in [2.05, 4.69) is 34.2 Å². The molecule has 3 aromatic carbocycles. The summed E-state index contributed by atoms with van der Waals surface area (Å²) in [4.78, 5) is 8.46. The van der Waals surface area contributed by atoms with Crippen LogP contribution in [0.3, 0.4) is 0 Å². The lowest BCUT2D eigenvalue weighted by atomic mass is 10.0. The molecule has 0 aliphatic rings. The van der Waals surface area contributed by atoms with Crippen LogP contribution in [0.2, 0.25) is 10.0 Å². The molecule has 1 aromatic heterocycles. The fourth-order valence-corrected chi connectivity index (χ4v) is 3.37. The molecule has 4 rings (SSSR count). The molecule has 0 spiro atoms. The molecule has 4 aromatic rings. The van der Waals surface area contributed by atoms with E-state index in [9.17, 15) is 0 Å². The molecule has 0 aliphatic carbocycles. The Labute approximate surface area is 172 Å². The summed E-state index contributed by atoms with van der Waals surface area (Å²) in [6.07, 6.45) is 3.84. The number of nitrogen functional groups attached to an aromatic ring is 2. The Balaban J connectivity index is 1.79. The smallest absolute Gasteiger partial charge is 0.222 e. The predicted molar refractivity (Wildman–Crippen MR) is 119 cm³/mol. The number of rotatable bonds is 3. The van der Waals surface area contributed by atoms with Crippen LogP contribution in [0.25, 0.3) is 34.1 Å². The maximum Gasteiger partial charge on any atom is 0.222 e. The van der Waals surface area contributed by atoms with Crippen LogP contribution in [0.1, 0.15) is 11.3 Å². The number of benzene rings is 3. The molecule has 0 aliphatic heterocycles. The van der Waals surface area contributed by atoms with Gasteiger partial charge in [-0.1, -0.05) is 71.7 Å². The Hall–Kier alpha value is -3.08. The second-order valence-electron chi connectivity index (χ2n) is 6.30. The van der Waals surface area contributed by atoms with E-state index in [0.29, 0.717) is 21.3 Å². The van der Waals surface area contributed by atoms with Crippen LogP contribution < -0.4 is 11.5 Å². The summed E-state index contributed by atoms with van der Waals surface area (Å²) in [6.45, 7) is 0. The zero-order valence-corrected chi connectivity index (χ0v) is 16.2. The third kappa shape index (κ3) is 3.65. The molecule has 0 bridgehead atoms. The molecule has 28 heavy (non-hydrogen) atoms. The molecule has 0 amide bonds. The van der Waals surface area contributed by atoms with Crippen molar-refractivity contribution in [3.8, 4) is 11.1 Å². The van der Waals surface area contributed by atoms with Gasteiger partial charge in [0.05, 0.1) is 15.7 Å². The van der Waals surface area contributed by atoms with Gasteiger partial charge in [-0.3, -0.25) is 0 Å². The highest BCUT2D eigenvalue weighted by Gasteiger charge is 2.13. The lowest BCUT2D eigenvalue weighted by Gasteiger charge is -2.10. The molecule has 4 N–H and O–H groups in total. The summed E-state index contributed by atoms with van der Waals surface area (Å²) < 4.78 is 0. The van der Waals surface area contributed by atoms with E-state index in [0.717, 1.165) is 16.5 Å². The number of hydrogen-bond acceptors (Lipinski definition) is 4. The minimum atomic E-state index is 0.111. The predicted octanol–water partition coefficient (Wildman–Crippen LogP) is 5.94. The van der Waals surface area contributed by atoms with E-state index in [4.69, 9.17) is 34.7 Å². The van der Waals surface area contributed by atoms with E-state index < -0.39 is 0 Å². The summed E-state index contributed by atoms with van der Waals surface area (Å²) in [5.74, 6) is 0.392. The highest BCUT2D eigenvalue weighted by molar-refractivity contribution is 6.42. The van der Waals surface area contributed by atoms with Gasteiger partial charge in [-0.2, -0.15) is 4.98 Å². The lowest BCUT2D eigenvalue weighted by molar-refractivity contribution is 1.18. The molecule has 1 heterocycles. The highest BCUT2D eigenvalue weighted by Crippen LogP contribution is 2.34. The van der Waals surface area contributed by atoms with Crippen molar-refractivity contribution in [1.29, 1.82) is 0 Å². The second-order valence-corrected chi connectivity index (χ2v) is 7.11. The Morgan fingerprint density at radius 3 is 2.32 bits per heavy atom. The number of aromatic nitrogens is 2. The van der Waals surface area contributed by atoms with Gasteiger partial charge in [0.1, 0.15) is 5.82 Å². The first kappa shape index (κ1) is 18.3. The van der Waals surface area contributed by atoms with E-state index in [1.54, 1.807) is 12.1 Å². The van der Waals surface area contributed by atoms with Gasteiger partial charge in [0.2, 0.25) is 5.95 Å². The molecule has 0 saturated heterocycles. The number of fused-ring (bicyclic) bond motifs is 1. The lowest BCUT2D eigenvalue weighted by Crippen LogP contribution is -2.04. The average molecular weight is 407 g/mol. The standard InChI is InChI=1S/C22H16Cl2N4/c23-17-9-8-16(12-18(17)24)20-19(27-22(26)28-21(20)25)10-6-13-5-7-14-3-1-2-4-15(14)11-13/h1-12H,(H4,25,26,27,28)/b10-6+. The van der Waals surface area contributed by atoms with Crippen LogP contribution in [-0.2, 0) is 0 Å². The van der Waals surface area contributed by atoms with Gasteiger partial charge >= 0.3 is 0 Å². The van der Waals surface area contributed by atoms with Gasteiger partial charge in [-0.05, 0) is 46.2 Å².